The average Bonchev–Trinajstić information content (AvgIpc) is 2.31. The number of carbonyl (C=O) groups is 1. The van der Waals surface area contributed by atoms with Crippen molar-refractivity contribution in [2.45, 2.75) is 19.8 Å². The van der Waals surface area contributed by atoms with Crippen molar-refractivity contribution in [2.75, 3.05) is 6.61 Å². The van der Waals surface area contributed by atoms with Crippen molar-refractivity contribution >= 4 is 35.2 Å². The van der Waals surface area contributed by atoms with Crippen LogP contribution in [0.4, 0.5) is 0 Å². The Morgan fingerprint density at radius 2 is 2.18 bits per heavy atom. The summed E-state index contributed by atoms with van der Waals surface area (Å²) in [6, 6.07) is 5.08. The number of rotatable bonds is 5. The van der Waals surface area contributed by atoms with E-state index in [-0.39, 0.29) is 5.97 Å². The Morgan fingerprint density at radius 1 is 1.41 bits per heavy atom. The minimum absolute atomic E-state index is 0.366. The predicted octanol–water partition coefficient (Wildman–Crippen LogP) is 4.35. The smallest absolute Gasteiger partial charge is 0.330 e. The third-order valence-corrected chi connectivity index (χ3v) is 2.68. The largest absolute Gasteiger partial charge is 0.463 e. The van der Waals surface area contributed by atoms with Gasteiger partial charge in [-0.2, -0.15) is 0 Å². The van der Waals surface area contributed by atoms with E-state index in [1.807, 2.05) is 6.92 Å². The Hall–Kier alpha value is -0.990. The van der Waals surface area contributed by atoms with Gasteiger partial charge in [0, 0.05) is 16.1 Å². The van der Waals surface area contributed by atoms with Gasteiger partial charge in [0.05, 0.1) is 6.61 Å². The summed E-state index contributed by atoms with van der Waals surface area (Å²) in [6.45, 7) is 2.48. The topological polar surface area (TPSA) is 26.3 Å². The lowest BCUT2D eigenvalue weighted by atomic mass is 10.2. The molecule has 1 aromatic carbocycles. The number of esters is 1. The maximum Gasteiger partial charge on any atom is 0.330 e. The number of hydrogen-bond donors (Lipinski definition) is 0. The Morgan fingerprint density at radius 3 is 2.88 bits per heavy atom. The van der Waals surface area contributed by atoms with Crippen LogP contribution in [-0.2, 0) is 9.53 Å². The van der Waals surface area contributed by atoms with Crippen molar-refractivity contribution in [3.63, 3.8) is 0 Å². The monoisotopic (exact) mass is 272 g/mol. The first-order valence-corrected chi connectivity index (χ1v) is 6.19. The highest BCUT2D eigenvalue weighted by molar-refractivity contribution is 6.34. The fourth-order valence-electron chi connectivity index (χ4n) is 1.17. The van der Waals surface area contributed by atoms with E-state index in [0.717, 1.165) is 12.8 Å². The van der Waals surface area contributed by atoms with Gasteiger partial charge < -0.3 is 4.74 Å². The summed E-state index contributed by atoms with van der Waals surface area (Å²) in [5.41, 5.74) is 0.701. The molecular weight excluding hydrogens is 259 g/mol. The quantitative estimate of drug-likeness (QED) is 0.453. The van der Waals surface area contributed by atoms with E-state index in [0.29, 0.717) is 22.2 Å². The van der Waals surface area contributed by atoms with Crippen LogP contribution in [-0.4, -0.2) is 12.6 Å². The molecule has 0 spiro atoms. The fourth-order valence-corrected chi connectivity index (χ4v) is 1.53. The summed E-state index contributed by atoms with van der Waals surface area (Å²) in [4.78, 5) is 11.3. The molecule has 0 aliphatic rings. The van der Waals surface area contributed by atoms with Crippen LogP contribution in [0, 0.1) is 0 Å². The molecule has 0 amide bonds. The van der Waals surface area contributed by atoms with Crippen LogP contribution in [0.15, 0.2) is 24.3 Å². The molecule has 1 rings (SSSR count). The predicted molar refractivity (Wildman–Crippen MR) is 71.4 cm³/mol. The molecule has 2 nitrogen and oxygen atoms in total. The second-order valence-corrected chi connectivity index (χ2v) is 4.36. The zero-order valence-electron chi connectivity index (χ0n) is 9.58. The Balaban J connectivity index is 2.57. The molecule has 0 radical (unpaired) electrons. The van der Waals surface area contributed by atoms with Crippen molar-refractivity contribution in [3.05, 3.63) is 39.9 Å². The SMILES string of the molecule is CCCCOC(=O)/C=C/c1cc(Cl)ccc1Cl. The Labute approximate surface area is 111 Å². The Kier molecular flexibility index (Phi) is 6.09. The highest BCUT2D eigenvalue weighted by Gasteiger charge is 2.00. The lowest BCUT2D eigenvalue weighted by molar-refractivity contribution is -0.137. The van der Waals surface area contributed by atoms with Crippen LogP contribution in [0.3, 0.4) is 0 Å². The molecule has 4 heteroatoms. The number of benzene rings is 1. The average molecular weight is 273 g/mol. The van der Waals surface area contributed by atoms with Gasteiger partial charge >= 0.3 is 5.97 Å². The summed E-state index contributed by atoms with van der Waals surface area (Å²) in [7, 11) is 0. The summed E-state index contributed by atoms with van der Waals surface area (Å²) in [5.74, 6) is -0.366. The first kappa shape index (κ1) is 14.1. The molecule has 0 fully saturated rings. The standard InChI is InChI=1S/C13H14Cl2O2/c1-2-3-8-17-13(16)7-4-10-9-11(14)5-6-12(10)15/h4-7,9H,2-3,8H2,1H3/b7-4+. The first-order valence-electron chi connectivity index (χ1n) is 5.43. The van der Waals surface area contributed by atoms with Crippen LogP contribution in [0.5, 0.6) is 0 Å². The number of ether oxygens (including phenoxy) is 1. The molecule has 0 heterocycles. The molecule has 0 aromatic heterocycles. The molecule has 0 saturated heterocycles. The molecule has 0 N–H and O–H groups in total. The maximum atomic E-state index is 11.3. The van der Waals surface area contributed by atoms with Gasteiger partial charge in [0.15, 0.2) is 0 Å². The molecule has 0 aliphatic heterocycles. The number of hydrogen-bond acceptors (Lipinski definition) is 2. The molecule has 0 aliphatic carbocycles. The third kappa shape index (κ3) is 5.24. The number of halogens is 2. The molecule has 0 unspecified atom stereocenters. The molecule has 0 bridgehead atoms. The van der Waals surface area contributed by atoms with E-state index in [2.05, 4.69) is 0 Å². The zero-order valence-corrected chi connectivity index (χ0v) is 11.1. The molecule has 0 atom stereocenters. The molecular formula is C13H14Cl2O2. The van der Waals surface area contributed by atoms with E-state index in [4.69, 9.17) is 27.9 Å². The lowest BCUT2D eigenvalue weighted by Crippen LogP contribution is -2.01. The molecule has 17 heavy (non-hydrogen) atoms. The van der Waals surface area contributed by atoms with Gasteiger partial charge in [-0.15, -0.1) is 0 Å². The third-order valence-electron chi connectivity index (χ3n) is 2.10. The van der Waals surface area contributed by atoms with Gasteiger partial charge in [-0.3, -0.25) is 0 Å². The lowest BCUT2D eigenvalue weighted by Gasteiger charge is -2.00. The highest BCUT2D eigenvalue weighted by atomic mass is 35.5. The Bertz CT molecular complexity index is 414. The maximum absolute atomic E-state index is 11.3. The number of unbranched alkanes of at least 4 members (excludes halogenated alkanes) is 1. The summed E-state index contributed by atoms with van der Waals surface area (Å²) in [6.07, 6.45) is 4.82. The second kappa shape index (κ2) is 7.36. The summed E-state index contributed by atoms with van der Waals surface area (Å²) in [5, 5.41) is 1.13. The highest BCUT2D eigenvalue weighted by Crippen LogP contribution is 2.21. The van der Waals surface area contributed by atoms with Crippen molar-refractivity contribution in [1.82, 2.24) is 0 Å². The van der Waals surface area contributed by atoms with E-state index in [9.17, 15) is 4.79 Å². The van der Waals surface area contributed by atoms with E-state index < -0.39 is 0 Å². The van der Waals surface area contributed by atoms with Gasteiger partial charge in [-0.1, -0.05) is 36.5 Å². The van der Waals surface area contributed by atoms with E-state index in [1.165, 1.54) is 6.08 Å². The van der Waals surface area contributed by atoms with Gasteiger partial charge in [0.1, 0.15) is 0 Å². The summed E-state index contributed by atoms with van der Waals surface area (Å²) >= 11 is 11.8. The summed E-state index contributed by atoms with van der Waals surface area (Å²) < 4.78 is 4.97. The van der Waals surface area contributed by atoms with E-state index in [1.54, 1.807) is 24.3 Å². The van der Waals surface area contributed by atoms with Crippen molar-refractivity contribution < 1.29 is 9.53 Å². The van der Waals surface area contributed by atoms with Gasteiger partial charge in [0.2, 0.25) is 0 Å². The number of carbonyl (C=O) groups excluding carboxylic acids is 1. The van der Waals surface area contributed by atoms with Gasteiger partial charge in [-0.25, -0.2) is 4.79 Å². The van der Waals surface area contributed by atoms with Crippen LogP contribution in [0.2, 0.25) is 10.0 Å². The van der Waals surface area contributed by atoms with Gasteiger partial charge in [-0.05, 0) is 36.3 Å². The van der Waals surface area contributed by atoms with Gasteiger partial charge in [0.25, 0.3) is 0 Å². The van der Waals surface area contributed by atoms with E-state index >= 15 is 0 Å². The van der Waals surface area contributed by atoms with Crippen molar-refractivity contribution in [3.8, 4) is 0 Å². The normalized spacial score (nSPS) is 10.8. The van der Waals surface area contributed by atoms with Crippen LogP contribution >= 0.6 is 23.2 Å². The first-order chi connectivity index (χ1) is 8.13. The van der Waals surface area contributed by atoms with Crippen LogP contribution in [0.25, 0.3) is 6.08 Å². The molecule has 1 aromatic rings. The van der Waals surface area contributed by atoms with Crippen molar-refractivity contribution in [1.29, 1.82) is 0 Å². The zero-order chi connectivity index (χ0) is 12.7. The second-order valence-electron chi connectivity index (χ2n) is 3.52. The minimum Gasteiger partial charge on any atom is -0.463 e. The van der Waals surface area contributed by atoms with Crippen molar-refractivity contribution in [2.24, 2.45) is 0 Å². The molecule has 92 valence electrons. The van der Waals surface area contributed by atoms with Crippen LogP contribution in [0.1, 0.15) is 25.3 Å². The van der Waals surface area contributed by atoms with Crippen LogP contribution < -0.4 is 0 Å². The molecule has 0 saturated carbocycles. The fraction of sp³-hybridized carbons (Fsp3) is 0.308. The minimum atomic E-state index is -0.366.